The number of guanidine groups is 2. The number of nitrogens with two attached hydrogens (primary N) is 2. The van der Waals surface area contributed by atoms with Gasteiger partial charge in [-0.1, -0.05) is 76.1 Å². The molecular formula is C62H92N12O26. The first kappa shape index (κ1) is 78.1. The van der Waals surface area contributed by atoms with Crippen molar-refractivity contribution in [2.24, 2.45) is 27.4 Å². The van der Waals surface area contributed by atoms with E-state index in [1.807, 2.05) is 13.8 Å². The average molecular weight is 1420 g/mol. The summed E-state index contributed by atoms with van der Waals surface area (Å²) in [5.41, 5.74) is 13.0. The summed E-state index contributed by atoms with van der Waals surface area (Å²) in [6.07, 6.45) is -30.1. The summed E-state index contributed by atoms with van der Waals surface area (Å²) in [4.78, 5) is 112. The van der Waals surface area contributed by atoms with Crippen LogP contribution in [0.4, 0.5) is 0 Å². The van der Waals surface area contributed by atoms with Gasteiger partial charge in [-0.2, -0.15) is 0 Å². The van der Waals surface area contributed by atoms with E-state index in [0.29, 0.717) is 31.2 Å². The Morgan fingerprint density at radius 1 is 0.610 bits per heavy atom. The van der Waals surface area contributed by atoms with Crippen LogP contribution in [-0.2, 0) is 63.7 Å². The molecule has 0 aliphatic carbocycles. The average Bonchev–Trinajstić information content (AvgIpc) is 1.46. The number of aliphatic hydroxyl groups excluding tert-OH is 13. The lowest BCUT2D eigenvalue weighted by atomic mass is 9.92. The summed E-state index contributed by atoms with van der Waals surface area (Å²) >= 11 is 0. The number of ether oxygens (including phenoxy) is 6. The van der Waals surface area contributed by atoms with Crippen LogP contribution in [0.2, 0.25) is 0 Å². The SMILES string of the molecule is CCCC(CCC)C(=O)OCC1NC(=O)C(C(O)C2CN=C(N)N2C2OC(CO)C(O)C(O)C2O)NC(=O)C(C(O)C2CN=C(N)N2)NC(=O)C(Cc2ccc(OC3OC(CO)C(OC4OC(CO)C(O)C(O)C4O)C(O)C3O)cc2)NC(=O)C(C(C)c2ccccc2)NC(=O)CNC1=O. The molecule has 6 aliphatic heterocycles. The summed E-state index contributed by atoms with van der Waals surface area (Å²) in [6, 6.07) is 0.651. The van der Waals surface area contributed by atoms with Crippen LogP contribution >= 0.6 is 0 Å². The third kappa shape index (κ3) is 18.4. The number of nitrogens with zero attached hydrogens (tertiary/aromatic N) is 3. The van der Waals surface area contributed by atoms with Crippen molar-refractivity contribution in [3.05, 3.63) is 65.7 Å². The van der Waals surface area contributed by atoms with Gasteiger partial charge < -0.3 is 148 Å². The van der Waals surface area contributed by atoms with E-state index in [0.717, 1.165) is 4.90 Å². The van der Waals surface area contributed by atoms with Gasteiger partial charge in [-0.05, 0) is 36.1 Å². The molecule has 556 valence electrons. The molecule has 24 N–H and O–H groups in total. The molecule has 4 fully saturated rings. The molecule has 2 aromatic carbocycles. The smallest absolute Gasteiger partial charge is 0.309 e. The Bertz CT molecular complexity index is 3160. The van der Waals surface area contributed by atoms with Crippen molar-refractivity contribution in [1.29, 1.82) is 0 Å². The van der Waals surface area contributed by atoms with Crippen LogP contribution in [0.5, 0.6) is 5.75 Å². The van der Waals surface area contributed by atoms with Crippen molar-refractivity contribution in [2.45, 2.75) is 205 Å². The molecule has 0 saturated carbocycles. The van der Waals surface area contributed by atoms with E-state index < -0.39 is 252 Å². The number of nitrogens with one attached hydrogen (secondary N) is 7. The second-order valence-electron chi connectivity index (χ2n) is 25.3. The number of esters is 1. The maximum atomic E-state index is 15.3. The number of aliphatic imine (C=N–C) groups is 2. The van der Waals surface area contributed by atoms with Crippen molar-refractivity contribution < 1.29 is 128 Å². The predicted molar refractivity (Wildman–Crippen MR) is 340 cm³/mol. The monoisotopic (exact) mass is 1420 g/mol. The van der Waals surface area contributed by atoms with Crippen LogP contribution < -0.4 is 53.4 Å². The Balaban J connectivity index is 1.14. The third-order valence-corrected chi connectivity index (χ3v) is 18.3. The lowest BCUT2D eigenvalue weighted by molar-refractivity contribution is -0.352. The molecule has 0 bridgehead atoms. The van der Waals surface area contributed by atoms with Gasteiger partial charge in [-0.3, -0.25) is 43.5 Å². The minimum Gasteiger partial charge on any atom is -0.463 e. The van der Waals surface area contributed by atoms with Gasteiger partial charge in [0.1, 0.15) is 128 Å². The number of carbonyl (C=O) groups is 7. The van der Waals surface area contributed by atoms with Crippen LogP contribution in [0.1, 0.15) is 63.5 Å². The number of benzene rings is 2. The molecule has 25 unspecified atom stereocenters. The highest BCUT2D eigenvalue weighted by Crippen LogP contribution is 2.33. The second kappa shape index (κ2) is 35.3. The standard InChI is InChI=1S/C62H92N12O26/c1-4-9-28(10-5-2)58(94)95-24-32-52(89)65-20-37(78)71-38(25(3)27-11-7-6-8-12-27)54(91)68-30(17-26-13-15-29(16-14-26)96-59-50(88)47(85)51(36(23-77)99-59)100-60-49(87)46(84)44(82)35(22-76)98-60)53(90)72-39(41(79)31-18-66-61(63)70-31)56(93)73-40(55(92)69-32)42(80)33-19-67-62(64)74(33)57-48(86)45(83)43(81)34(21-75)97-57/h6-8,11-16,25,28,30-36,38-51,57,59-60,75-77,79-88H,4-5,9-10,17-24H2,1-3H3,(H2,64,67)(H,65,89)(H,68,91)(H,69,92)(H,71,78)(H,72,90)(H,73,93)(H3,63,66,70). The molecular weight excluding hydrogens is 1330 g/mol. The van der Waals surface area contributed by atoms with Crippen molar-refractivity contribution in [3.8, 4) is 5.75 Å². The first-order valence-corrected chi connectivity index (χ1v) is 32.8. The van der Waals surface area contributed by atoms with E-state index in [2.05, 4.69) is 47.2 Å². The van der Waals surface area contributed by atoms with Gasteiger partial charge >= 0.3 is 5.97 Å². The summed E-state index contributed by atoms with van der Waals surface area (Å²) in [5.74, 6) is -10.5. The quantitative estimate of drug-likeness (QED) is 0.0459. The van der Waals surface area contributed by atoms with E-state index in [-0.39, 0.29) is 23.8 Å². The second-order valence-corrected chi connectivity index (χ2v) is 25.3. The Morgan fingerprint density at radius 2 is 1.18 bits per heavy atom. The summed E-state index contributed by atoms with van der Waals surface area (Å²) in [6.45, 7) is -0.131. The van der Waals surface area contributed by atoms with Crippen LogP contribution in [0.25, 0.3) is 0 Å². The van der Waals surface area contributed by atoms with Gasteiger partial charge in [0.05, 0.1) is 57.5 Å². The Morgan fingerprint density at radius 3 is 1.80 bits per heavy atom. The van der Waals surface area contributed by atoms with Gasteiger partial charge in [0.2, 0.25) is 41.7 Å². The van der Waals surface area contributed by atoms with E-state index in [4.69, 9.17) is 39.9 Å². The third-order valence-electron chi connectivity index (χ3n) is 18.3. The maximum Gasteiger partial charge on any atom is 0.309 e. The highest BCUT2D eigenvalue weighted by Gasteiger charge is 2.54. The van der Waals surface area contributed by atoms with Crippen molar-refractivity contribution in [2.75, 3.05) is 46.1 Å². The molecule has 6 heterocycles. The van der Waals surface area contributed by atoms with Crippen LogP contribution in [0.3, 0.4) is 0 Å². The van der Waals surface area contributed by atoms with Crippen molar-refractivity contribution in [3.63, 3.8) is 0 Å². The largest absolute Gasteiger partial charge is 0.463 e. The van der Waals surface area contributed by atoms with E-state index in [1.165, 1.54) is 24.3 Å². The lowest BCUT2D eigenvalue weighted by Crippen LogP contribution is -2.70. The van der Waals surface area contributed by atoms with Gasteiger partial charge in [0, 0.05) is 12.3 Å². The van der Waals surface area contributed by atoms with Crippen molar-refractivity contribution in [1.82, 2.24) is 42.1 Å². The maximum absolute atomic E-state index is 15.3. The molecule has 2 aromatic rings. The number of rotatable bonds is 23. The number of hydrogen-bond donors (Lipinski definition) is 22. The van der Waals surface area contributed by atoms with Crippen LogP contribution in [0, 0.1) is 5.92 Å². The van der Waals surface area contributed by atoms with Gasteiger partial charge in [-0.25, -0.2) is 0 Å². The minimum atomic E-state index is -2.39. The predicted octanol–water partition coefficient (Wildman–Crippen LogP) is -10.8. The fraction of sp³-hybridized carbons (Fsp3) is 0.661. The Kier molecular flexibility index (Phi) is 27.6. The fourth-order valence-electron chi connectivity index (χ4n) is 12.5. The molecule has 6 amide bonds. The first-order chi connectivity index (χ1) is 47.6. The molecule has 38 nitrogen and oxygen atoms in total. The molecule has 6 aliphatic rings. The van der Waals surface area contributed by atoms with Crippen LogP contribution in [-0.4, -0.2) is 317 Å². The topological polar surface area (TPSA) is 602 Å². The summed E-state index contributed by atoms with van der Waals surface area (Å²) in [5, 5.41) is 159. The molecule has 38 heteroatoms. The molecule has 100 heavy (non-hydrogen) atoms. The zero-order valence-electron chi connectivity index (χ0n) is 54.8. The minimum absolute atomic E-state index is 0.0796. The summed E-state index contributed by atoms with van der Waals surface area (Å²) in [7, 11) is 0. The number of carbonyl (C=O) groups excluding carboxylic acids is 7. The van der Waals surface area contributed by atoms with Crippen LogP contribution in [0.15, 0.2) is 64.6 Å². The summed E-state index contributed by atoms with van der Waals surface area (Å²) < 4.78 is 34.1. The molecule has 0 spiro atoms. The molecule has 0 aromatic heterocycles. The normalized spacial score (nSPS) is 35.2. The molecule has 25 atom stereocenters. The highest BCUT2D eigenvalue weighted by molar-refractivity contribution is 5.98. The van der Waals surface area contributed by atoms with Gasteiger partial charge in [-0.15, -0.1) is 0 Å². The molecule has 4 saturated heterocycles. The highest BCUT2D eigenvalue weighted by atomic mass is 16.7. The number of hydrogen-bond acceptors (Lipinski definition) is 32. The zero-order valence-corrected chi connectivity index (χ0v) is 54.8. The first-order valence-electron chi connectivity index (χ1n) is 32.8. The van der Waals surface area contributed by atoms with Gasteiger partial charge in [0.25, 0.3) is 0 Å². The van der Waals surface area contributed by atoms with Crippen molar-refractivity contribution >= 4 is 53.3 Å². The Hall–Kier alpha value is -7.61. The van der Waals surface area contributed by atoms with E-state index >= 15 is 19.2 Å². The van der Waals surface area contributed by atoms with E-state index in [9.17, 15) is 80.8 Å². The number of aliphatic hydroxyl groups is 13. The van der Waals surface area contributed by atoms with Gasteiger partial charge in [0.15, 0.2) is 24.4 Å². The molecule has 8 rings (SSSR count). The fourth-order valence-corrected chi connectivity index (χ4v) is 12.5. The lowest BCUT2D eigenvalue weighted by Gasteiger charge is -2.46. The van der Waals surface area contributed by atoms with E-state index in [1.54, 1.807) is 37.3 Å². The Labute approximate surface area is 572 Å². The molecule has 0 radical (unpaired) electrons. The number of amides is 6. The zero-order chi connectivity index (χ0) is 73.0.